The quantitative estimate of drug-likeness (QED) is 0.283. The van der Waals surface area contributed by atoms with Gasteiger partial charge in [-0.1, -0.05) is 48.4 Å². The van der Waals surface area contributed by atoms with Gasteiger partial charge in [-0.3, -0.25) is 0 Å². The van der Waals surface area contributed by atoms with Crippen LogP contribution in [-0.4, -0.2) is 11.0 Å². The third-order valence-corrected chi connectivity index (χ3v) is 2.28. The second kappa shape index (κ2) is 10.3. The molecule has 0 aliphatic heterocycles. The summed E-state index contributed by atoms with van der Waals surface area (Å²) in [5, 5.41) is 0. The van der Waals surface area contributed by atoms with Gasteiger partial charge in [0.1, 0.15) is 0 Å². The van der Waals surface area contributed by atoms with E-state index in [4.69, 9.17) is 4.74 Å². The highest BCUT2D eigenvalue weighted by Gasteiger charge is 1.88. The Labute approximate surface area is 83.3 Å². The van der Waals surface area contributed by atoms with Crippen LogP contribution in [0.1, 0.15) is 32.1 Å². The summed E-state index contributed by atoms with van der Waals surface area (Å²) in [6.07, 6.45) is 8.08. The summed E-state index contributed by atoms with van der Waals surface area (Å²) in [7, 11) is 0. The number of hydrogen-bond acceptors (Lipinski definition) is 1. The molecule has 0 bridgehead atoms. The third-order valence-electron chi connectivity index (χ3n) is 1.51. The molecule has 0 N–H and O–H groups in total. The molecule has 0 radical (unpaired) electrons. The zero-order valence-electron chi connectivity index (χ0n) is 7.02. The summed E-state index contributed by atoms with van der Waals surface area (Å²) in [6, 6.07) is 0. The molecule has 0 saturated carbocycles. The van der Waals surface area contributed by atoms with Crippen LogP contribution in [0.15, 0.2) is 12.8 Å². The van der Waals surface area contributed by atoms with Gasteiger partial charge in [0.05, 0.1) is 12.9 Å². The van der Waals surface area contributed by atoms with E-state index in [2.05, 4.69) is 29.2 Å². The molecule has 0 saturated heterocycles. The second-order valence-corrected chi connectivity index (χ2v) is 3.57. The summed E-state index contributed by atoms with van der Waals surface area (Å²) < 4.78 is 6.30. The van der Waals surface area contributed by atoms with Crippen molar-refractivity contribution in [3.8, 4) is 0 Å². The van der Waals surface area contributed by atoms with E-state index in [1.54, 1.807) is 0 Å². The van der Waals surface area contributed by atoms with E-state index in [1.165, 1.54) is 42.8 Å². The third kappa shape index (κ3) is 10.3. The highest BCUT2D eigenvalue weighted by Crippen LogP contribution is 2.04. The minimum Gasteiger partial charge on any atom is -0.502 e. The van der Waals surface area contributed by atoms with Crippen molar-refractivity contribution < 1.29 is 4.74 Å². The lowest BCUT2D eigenvalue weighted by Crippen LogP contribution is -1.87. The fourth-order valence-corrected chi connectivity index (χ4v) is 1.43. The van der Waals surface area contributed by atoms with Gasteiger partial charge in [0.15, 0.2) is 0 Å². The van der Waals surface area contributed by atoms with Crippen LogP contribution < -0.4 is 0 Å². The molecular weight excluding hydrogens is 251 g/mol. The van der Waals surface area contributed by atoms with Gasteiger partial charge in [-0.15, -0.1) is 0 Å². The maximum atomic E-state index is 5.00. The van der Waals surface area contributed by atoms with Gasteiger partial charge in [0.2, 0.25) is 0 Å². The van der Waals surface area contributed by atoms with Crippen LogP contribution >= 0.6 is 22.6 Å². The number of unbranched alkanes of at least 4 members (excludes halogenated alkanes) is 4. The predicted octanol–water partition coefficient (Wildman–Crippen LogP) is 3.53. The highest BCUT2D eigenvalue weighted by molar-refractivity contribution is 14.1. The van der Waals surface area contributed by atoms with E-state index in [-0.39, 0.29) is 0 Å². The number of rotatable bonds is 8. The topological polar surface area (TPSA) is 9.23 Å². The molecule has 0 atom stereocenters. The molecule has 0 amide bonds. The van der Waals surface area contributed by atoms with Gasteiger partial charge >= 0.3 is 0 Å². The zero-order valence-corrected chi connectivity index (χ0v) is 9.18. The first-order valence-corrected chi connectivity index (χ1v) is 5.73. The average molecular weight is 268 g/mol. The molecule has 0 heterocycles. The molecule has 0 aromatic carbocycles. The van der Waals surface area contributed by atoms with Gasteiger partial charge in [-0.05, 0) is 17.3 Å². The summed E-state index contributed by atoms with van der Waals surface area (Å²) in [5.74, 6) is 0. The molecule has 0 spiro atoms. The highest BCUT2D eigenvalue weighted by atomic mass is 127. The molecule has 0 rings (SSSR count). The van der Waals surface area contributed by atoms with Crippen molar-refractivity contribution in [2.24, 2.45) is 0 Å². The van der Waals surface area contributed by atoms with E-state index < -0.39 is 0 Å². The van der Waals surface area contributed by atoms with Crippen molar-refractivity contribution in [2.45, 2.75) is 32.1 Å². The van der Waals surface area contributed by atoms with Crippen LogP contribution in [0.3, 0.4) is 0 Å². The lowest BCUT2D eigenvalue weighted by atomic mass is 10.2. The van der Waals surface area contributed by atoms with E-state index in [0.717, 1.165) is 6.61 Å². The fourth-order valence-electron chi connectivity index (χ4n) is 0.894. The van der Waals surface area contributed by atoms with Crippen LogP contribution in [0.2, 0.25) is 0 Å². The van der Waals surface area contributed by atoms with Crippen LogP contribution in [0.4, 0.5) is 0 Å². The fraction of sp³-hybridized carbons (Fsp3) is 0.778. The van der Waals surface area contributed by atoms with Crippen molar-refractivity contribution in [2.75, 3.05) is 11.0 Å². The molecule has 0 fully saturated rings. The van der Waals surface area contributed by atoms with Crippen molar-refractivity contribution in [1.82, 2.24) is 0 Å². The SMILES string of the molecule is C=COCCCCCCCI. The van der Waals surface area contributed by atoms with Crippen molar-refractivity contribution in [3.63, 3.8) is 0 Å². The largest absolute Gasteiger partial charge is 0.502 e. The average Bonchev–Trinajstić information content (AvgIpc) is 2.03. The van der Waals surface area contributed by atoms with E-state index in [0.29, 0.717) is 0 Å². The van der Waals surface area contributed by atoms with E-state index >= 15 is 0 Å². The lowest BCUT2D eigenvalue weighted by molar-refractivity contribution is 0.242. The van der Waals surface area contributed by atoms with Gasteiger partial charge in [-0.2, -0.15) is 0 Å². The Morgan fingerprint density at radius 2 is 1.73 bits per heavy atom. The summed E-state index contributed by atoms with van der Waals surface area (Å²) in [4.78, 5) is 0. The Hall–Kier alpha value is 0.270. The molecule has 0 unspecified atom stereocenters. The van der Waals surface area contributed by atoms with Gasteiger partial charge in [0, 0.05) is 0 Å². The molecule has 0 aromatic rings. The second-order valence-electron chi connectivity index (χ2n) is 2.49. The lowest BCUT2D eigenvalue weighted by Gasteiger charge is -1.99. The zero-order chi connectivity index (χ0) is 8.36. The normalized spacial score (nSPS) is 9.55. The maximum absolute atomic E-state index is 5.00. The predicted molar refractivity (Wildman–Crippen MR) is 58.1 cm³/mol. The summed E-state index contributed by atoms with van der Waals surface area (Å²) >= 11 is 2.42. The molecule has 2 heteroatoms. The first kappa shape index (κ1) is 11.3. The smallest absolute Gasteiger partial charge is 0.0873 e. The number of halogens is 1. The molecule has 0 aromatic heterocycles. The Kier molecular flexibility index (Phi) is 10.5. The molecule has 0 aliphatic rings. The Bertz CT molecular complexity index is 83.6. The Morgan fingerprint density at radius 1 is 1.09 bits per heavy atom. The van der Waals surface area contributed by atoms with Crippen molar-refractivity contribution in [1.29, 1.82) is 0 Å². The molecule has 66 valence electrons. The van der Waals surface area contributed by atoms with E-state index in [1.807, 2.05) is 0 Å². The monoisotopic (exact) mass is 268 g/mol. The number of ether oxygens (including phenoxy) is 1. The first-order valence-electron chi connectivity index (χ1n) is 4.20. The molecule has 1 nitrogen and oxygen atoms in total. The Morgan fingerprint density at radius 3 is 2.36 bits per heavy atom. The van der Waals surface area contributed by atoms with Crippen molar-refractivity contribution in [3.05, 3.63) is 12.8 Å². The van der Waals surface area contributed by atoms with Crippen LogP contribution in [0, 0.1) is 0 Å². The molecule has 11 heavy (non-hydrogen) atoms. The van der Waals surface area contributed by atoms with E-state index in [9.17, 15) is 0 Å². The minimum absolute atomic E-state index is 0.841. The van der Waals surface area contributed by atoms with Gasteiger partial charge in [0.25, 0.3) is 0 Å². The van der Waals surface area contributed by atoms with Crippen molar-refractivity contribution >= 4 is 22.6 Å². The van der Waals surface area contributed by atoms with Crippen LogP contribution in [0.5, 0.6) is 0 Å². The number of alkyl halides is 1. The number of hydrogen-bond donors (Lipinski definition) is 0. The molecular formula is C9H17IO. The first-order chi connectivity index (χ1) is 5.41. The standard InChI is InChI=1S/C9H17IO/c1-2-11-9-7-5-3-4-6-8-10/h2H,1,3-9H2. The molecule has 0 aliphatic carbocycles. The van der Waals surface area contributed by atoms with Gasteiger partial charge < -0.3 is 4.74 Å². The summed E-state index contributed by atoms with van der Waals surface area (Å²) in [5.41, 5.74) is 0. The van der Waals surface area contributed by atoms with Gasteiger partial charge in [-0.25, -0.2) is 0 Å². The maximum Gasteiger partial charge on any atom is 0.0873 e. The van der Waals surface area contributed by atoms with Crippen LogP contribution in [-0.2, 0) is 4.74 Å². The Balaban J connectivity index is 2.74. The minimum atomic E-state index is 0.841. The van der Waals surface area contributed by atoms with Crippen LogP contribution in [0.25, 0.3) is 0 Å². The summed E-state index contributed by atoms with van der Waals surface area (Å²) in [6.45, 7) is 4.33.